The van der Waals surface area contributed by atoms with E-state index in [2.05, 4.69) is 4.98 Å². The standard InChI is InChI=1S/C11H9NO3/c1-7(13)15-8-2-3-10-9(6-8)11(14)4-5-12-10/h2-6H,1H3,(H,12,14). The summed E-state index contributed by atoms with van der Waals surface area (Å²) in [6, 6.07) is 6.32. The Morgan fingerprint density at radius 2 is 2.13 bits per heavy atom. The second-order valence-electron chi connectivity index (χ2n) is 3.14. The third-order valence-electron chi connectivity index (χ3n) is 1.99. The molecule has 0 aliphatic carbocycles. The molecule has 76 valence electrons. The maximum atomic E-state index is 11.5. The van der Waals surface area contributed by atoms with Gasteiger partial charge in [-0.15, -0.1) is 0 Å². The van der Waals surface area contributed by atoms with Crippen LogP contribution in [-0.2, 0) is 4.79 Å². The lowest BCUT2D eigenvalue weighted by atomic mass is 10.2. The molecule has 0 aliphatic rings. The summed E-state index contributed by atoms with van der Waals surface area (Å²) in [5.41, 5.74) is 0.621. The number of pyridine rings is 1. The van der Waals surface area contributed by atoms with Gasteiger partial charge >= 0.3 is 5.97 Å². The molecule has 0 aliphatic heterocycles. The summed E-state index contributed by atoms with van der Waals surface area (Å²) < 4.78 is 4.89. The molecule has 2 aromatic rings. The number of hydrogen-bond acceptors (Lipinski definition) is 3. The molecule has 2 rings (SSSR count). The van der Waals surface area contributed by atoms with Crippen molar-refractivity contribution in [3.63, 3.8) is 0 Å². The quantitative estimate of drug-likeness (QED) is 0.563. The number of carbonyl (C=O) groups excluding carboxylic acids is 1. The molecule has 1 N–H and O–H groups in total. The van der Waals surface area contributed by atoms with Crippen molar-refractivity contribution in [2.75, 3.05) is 0 Å². The lowest BCUT2D eigenvalue weighted by molar-refractivity contribution is -0.131. The molecule has 0 saturated heterocycles. The highest BCUT2D eigenvalue weighted by Gasteiger charge is 2.02. The zero-order valence-electron chi connectivity index (χ0n) is 8.11. The van der Waals surface area contributed by atoms with Gasteiger partial charge in [0.05, 0.1) is 0 Å². The monoisotopic (exact) mass is 203 g/mol. The summed E-state index contributed by atoms with van der Waals surface area (Å²) in [4.78, 5) is 25.1. The molecule has 0 fully saturated rings. The van der Waals surface area contributed by atoms with Crippen LogP contribution in [-0.4, -0.2) is 11.0 Å². The minimum Gasteiger partial charge on any atom is -0.427 e. The first kappa shape index (κ1) is 9.45. The number of benzene rings is 1. The highest BCUT2D eigenvalue weighted by molar-refractivity contribution is 5.80. The number of aromatic amines is 1. The van der Waals surface area contributed by atoms with Crippen molar-refractivity contribution in [1.82, 2.24) is 4.98 Å². The third kappa shape index (κ3) is 1.88. The van der Waals surface area contributed by atoms with E-state index in [9.17, 15) is 9.59 Å². The second kappa shape index (κ2) is 3.57. The smallest absolute Gasteiger partial charge is 0.308 e. The maximum absolute atomic E-state index is 11.5. The summed E-state index contributed by atoms with van der Waals surface area (Å²) in [6.45, 7) is 1.32. The number of esters is 1. The van der Waals surface area contributed by atoms with Crippen molar-refractivity contribution in [2.24, 2.45) is 0 Å². The number of ether oxygens (including phenoxy) is 1. The van der Waals surface area contributed by atoms with Crippen LogP contribution in [0.2, 0.25) is 0 Å². The average Bonchev–Trinajstić information content (AvgIpc) is 2.18. The van der Waals surface area contributed by atoms with E-state index in [0.29, 0.717) is 11.1 Å². The van der Waals surface area contributed by atoms with Gasteiger partial charge in [0.1, 0.15) is 5.75 Å². The third-order valence-corrected chi connectivity index (χ3v) is 1.99. The SMILES string of the molecule is CC(=O)Oc1ccc2[nH]ccc(=O)c2c1. The Hall–Kier alpha value is -2.10. The molecule has 1 heterocycles. The minimum atomic E-state index is -0.401. The number of rotatable bonds is 1. The van der Waals surface area contributed by atoms with Crippen LogP contribution in [0.15, 0.2) is 35.3 Å². The van der Waals surface area contributed by atoms with Crippen molar-refractivity contribution >= 4 is 16.9 Å². The number of carbonyl (C=O) groups is 1. The Morgan fingerprint density at radius 3 is 2.87 bits per heavy atom. The lowest BCUT2D eigenvalue weighted by Crippen LogP contribution is -2.04. The van der Waals surface area contributed by atoms with Crippen LogP contribution in [0.1, 0.15) is 6.92 Å². The minimum absolute atomic E-state index is 0.0993. The number of H-pyrrole nitrogens is 1. The molecule has 0 spiro atoms. The van der Waals surface area contributed by atoms with Gasteiger partial charge in [-0.25, -0.2) is 0 Å². The zero-order valence-corrected chi connectivity index (χ0v) is 8.11. The lowest BCUT2D eigenvalue weighted by Gasteiger charge is -2.02. The maximum Gasteiger partial charge on any atom is 0.308 e. The van der Waals surface area contributed by atoms with E-state index in [1.165, 1.54) is 13.0 Å². The fraction of sp³-hybridized carbons (Fsp3) is 0.0909. The van der Waals surface area contributed by atoms with Gasteiger partial charge in [0, 0.05) is 30.1 Å². The van der Waals surface area contributed by atoms with Gasteiger partial charge in [-0.2, -0.15) is 0 Å². The summed E-state index contributed by atoms with van der Waals surface area (Å²) in [5, 5.41) is 0.510. The molecule has 4 heteroatoms. The first-order valence-corrected chi connectivity index (χ1v) is 4.47. The topological polar surface area (TPSA) is 59.2 Å². The van der Waals surface area contributed by atoms with Gasteiger partial charge in [0.2, 0.25) is 0 Å². The normalized spacial score (nSPS) is 10.2. The summed E-state index contributed by atoms with van der Waals surface area (Å²) in [5.74, 6) is -0.0200. The molecular weight excluding hydrogens is 194 g/mol. The van der Waals surface area contributed by atoms with Gasteiger partial charge < -0.3 is 9.72 Å². The fourth-order valence-corrected chi connectivity index (χ4v) is 1.38. The van der Waals surface area contributed by atoms with Crippen molar-refractivity contribution in [2.45, 2.75) is 6.92 Å². The van der Waals surface area contributed by atoms with Crippen molar-refractivity contribution in [3.05, 3.63) is 40.7 Å². The molecule has 0 saturated carbocycles. The first-order chi connectivity index (χ1) is 7.16. The zero-order chi connectivity index (χ0) is 10.8. The predicted octanol–water partition coefficient (Wildman–Crippen LogP) is 1.45. The van der Waals surface area contributed by atoms with Crippen molar-refractivity contribution in [3.8, 4) is 5.75 Å². The number of hydrogen-bond donors (Lipinski definition) is 1. The molecule has 1 aromatic heterocycles. The largest absolute Gasteiger partial charge is 0.427 e. The molecule has 0 amide bonds. The highest BCUT2D eigenvalue weighted by atomic mass is 16.5. The number of aromatic nitrogens is 1. The second-order valence-corrected chi connectivity index (χ2v) is 3.14. The van der Waals surface area contributed by atoms with Crippen molar-refractivity contribution in [1.29, 1.82) is 0 Å². The predicted molar refractivity (Wildman–Crippen MR) is 55.9 cm³/mol. The van der Waals surface area contributed by atoms with Crippen LogP contribution in [0.4, 0.5) is 0 Å². The Balaban J connectivity index is 2.59. The van der Waals surface area contributed by atoms with Crippen LogP contribution in [0.5, 0.6) is 5.75 Å². The van der Waals surface area contributed by atoms with E-state index in [1.54, 1.807) is 24.4 Å². The van der Waals surface area contributed by atoms with E-state index in [4.69, 9.17) is 4.74 Å². The summed E-state index contributed by atoms with van der Waals surface area (Å²) >= 11 is 0. The number of fused-ring (bicyclic) bond motifs is 1. The van der Waals surface area contributed by atoms with Crippen LogP contribution in [0.3, 0.4) is 0 Å². The van der Waals surface area contributed by atoms with E-state index in [1.807, 2.05) is 0 Å². The van der Waals surface area contributed by atoms with E-state index >= 15 is 0 Å². The fourth-order valence-electron chi connectivity index (χ4n) is 1.38. The van der Waals surface area contributed by atoms with Gasteiger partial charge in [0.25, 0.3) is 0 Å². The van der Waals surface area contributed by atoms with Gasteiger partial charge in [0.15, 0.2) is 5.43 Å². The average molecular weight is 203 g/mol. The van der Waals surface area contributed by atoms with Crippen LogP contribution >= 0.6 is 0 Å². The Bertz CT molecular complexity index is 571. The van der Waals surface area contributed by atoms with E-state index < -0.39 is 5.97 Å². The Morgan fingerprint density at radius 1 is 1.33 bits per heavy atom. The Kier molecular flexibility index (Phi) is 2.25. The molecule has 0 atom stereocenters. The van der Waals surface area contributed by atoms with Crippen LogP contribution in [0, 0.1) is 0 Å². The Labute approximate surface area is 85.5 Å². The molecule has 0 unspecified atom stereocenters. The molecule has 15 heavy (non-hydrogen) atoms. The van der Waals surface area contributed by atoms with Crippen LogP contribution < -0.4 is 10.2 Å². The molecule has 1 aromatic carbocycles. The summed E-state index contributed by atoms with van der Waals surface area (Å²) in [7, 11) is 0. The van der Waals surface area contributed by atoms with Crippen LogP contribution in [0.25, 0.3) is 10.9 Å². The summed E-state index contributed by atoms with van der Waals surface area (Å²) in [6.07, 6.45) is 1.58. The van der Waals surface area contributed by atoms with Gasteiger partial charge in [-0.05, 0) is 18.2 Å². The molecular formula is C11H9NO3. The molecule has 4 nitrogen and oxygen atoms in total. The first-order valence-electron chi connectivity index (χ1n) is 4.47. The van der Waals surface area contributed by atoms with Gasteiger partial charge in [-0.3, -0.25) is 9.59 Å². The van der Waals surface area contributed by atoms with E-state index in [-0.39, 0.29) is 5.43 Å². The highest BCUT2D eigenvalue weighted by Crippen LogP contribution is 2.16. The number of nitrogens with one attached hydrogen (secondary N) is 1. The molecule has 0 bridgehead atoms. The molecule has 0 radical (unpaired) electrons. The van der Waals surface area contributed by atoms with Crippen molar-refractivity contribution < 1.29 is 9.53 Å². The van der Waals surface area contributed by atoms with E-state index in [0.717, 1.165) is 5.52 Å². The van der Waals surface area contributed by atoms with Gasteiger partial charge in [-0.1, -0.05) is 0 Å².